The molecule has 4 nitrogen and oxygen atoms in total. The first-order valence-corrected chi connectivity index (χ1v) is 9.79. The zero-order valence-corrected chi connectivity index (χ0v) is 16.1. The van der Waals surface area contributed by atoms with Gasteiger partial charge in [0.15, 0.2) is 0 Å². The number of carbonyl (C=O) groups is 1. The topological polar surface area (TPSA) is 46.9 Å². The van der Waals surface area contributed by atoms with Crippen LogP contribution in [0.4, 0.5) is 5.82 Å². The van der Waals surface area contributed by atoms with Crippen LogP contribution in [0.5, 0.6) is 0 Å². The minimum Gasteiger partial charge on any atom is -0.310 e. The van der Waals surface area contributed by atoms with Crippen LogP contribution < -0.4 is 5.32 Å². The number of anilines is 1. The first-order chi connectivity index (χ1) is 12.5. The molecule has 0 spiro atoms. The van der Waals surface area contributed by atoms with Crippen LogP contribution in [0.2, 0.25) is 5.02 Å². The van der Waals surface area contributed by atoms with Gasteiger partial charge in [-0.05, 0) is 43.7 Å². The number of hydrogen-bond donors (Lipinski definition) is 1. The summed E-state index contributed by atoms with van der Waals surface area (Å²) in [4.78, 5) is 12.3. The maximum Gasteiger partial charge on any atom is 0.235 e. The molecule has 0 saturated carbocycles. The smallest absolute Gasteiger partial charge is 0.235 e. The summed E-state index contributed by atoms with van der Waals surface area (Å²) in [5.41, 5.74) is 5.23. The van der Waals surface area contributed by atoms with Gasteiger partial charge in [-0.25, -0.2) is 4.68 Å². The maximum atomic E-state index is 12.3. The predicted molar refractivity (Wildman–Crippen MR) is 107 cm³/mol. The van der Waals surface area contributed by atoms with Crippen molar-refractivity contribution >= 4 is 35.1 Å². The second-order valence-electron chi connectivity index (χ2n) is 6.39. The minimum atomic E-state index is -0.0125. The second-order valence-corrected chi connectivity index (χ2v) is 7.92. The highest BCUT2D eigenvalue weighted by molar-refractivity contribution is 8.00. The molecule has 26 heavy (non-hydrogen) atoms. The fraction of sp³-hybridized carbons (Fsp3) is 0.200. The van der Waals surface area contributed by atoms with E-state index in [4.69, 9.17) is 16.7 Å². The molecule has 1 aromatic heterocycles. The number of nitrogens with one attached hydrogen (secondary N) is 1. The molecule has 132 valence electrons. The lowest BCUT2D eigenvalue weighted by atomic mass is 10.0. The van der Waals surface area contributed by atoms with Crippen molar-refractivity contribution in [1.82, 2.24) is 9.78 Å². The largest absolute Gasteiger partial charge is 0.310 e. The van der Waals surface area contributed by atoms with E-state index in [1.807, 2.05) is 31.2 Å². The van der Waals surface area contributed by atoms with Gasteiger partial charge in [0.25, 0.3) is 0 Å². The molecule has 0 radical (unpaired) electrons. The van der Waals surface area contributed by atoms with E-state index in [1.54, 1.807) is 16.4 Å². The third-order valence-corrected chi connectivity index (χ3v) is 5.95. The van der Waals surface area contributed by atoms with Crippen molar-refractivity contribution in [3.63, 3.8) is 0 Å². The highest BCUT2D eigenvalue weighted by Gasteiger charge is 2.30. The van der Waals surface area contributed by atoms with E-state index in [9.17, 15) is 4.79 Å². The number of thioether (sulfide) groups is 1. The molecule has 0 bridgehead atoms. The van der Waals surface area contributed by atoms with Crippen LogP contribution in [-0.2, 0) is 4.79 Å². The zero-order chi connectivity index (χ0) is 18.3. The number of aryl methyl sites for hydroxylation is 2. The monoisotopic (exact) mass is 383 g/mol. The van der Waals surface area contributed by atoms with Crippen molar-refractivity contribution in [2.75, 3.05) is 11.1 Å². The molecular weight excluding hydrogens is 366 g/mol. The van der Waals surface area contributed by atoms with Gasteiger partial charge in [0.2, 0.25) is 5.91 Å². The molecule has 1 atom stereocenters. The summed E-state index contributed by atoms with van der Waals surface area (Å²) in [5.74, 6) is 1.14. The first-order valence-electron chi connectivity index (χ1n) is 8.36. The van der Waals surface area contributed by atoms with Crippen molar-refractivity contribution in [1.29, 1.82) is 0 Å². The highest BCUT2D eigenvalue weighted by atomic mass is 35.5. The van der Waals surface area contributed by atoms with Crippen molar-refractivity contribution in [3.05, 3.63) is 75.9 Å². The van der Waals surface area contributed by atoms with Gasteiger partial charge in [-0.15, -0.1) is 11.8 Å². The minimum absolute atomic E-state index is 0.0125. The number of benzene rings is 2. The molecular formula is C20H18ClN3OS. The SMILES string of the molecule is Cc1cccc(C2SCC(=O)Nc3c2c(C)nn3-c2ccc(Cl)cc2)c1. The Labute approximate surface area is 161 Å². The molecule has 0 saturated heterocycles. The van der Waals surface area contributed by atoms with Crippen LogP contribution in [0, 0.1) is 13.8 Å². The molecule has 4 rings (SSSR count). The van der Waals surface area contributed by atoms with E-state index >= 15 is 0 Å². The summed E-state index contributed by atoms with van der Waals surface area (Å²) in [5, 5.41) is 8.49. The van der Waals surface area contributed by atoms with E-state index in [2.05, 4.69) is 36.5 Å². The standard InChI is InChI=1S/C20H18ClN3OS/c1-12-4-3-5-14(10-12)19-18-13(2)23-24(16-8-6-15(21)7-9-16)20(18)22-17(25)11-26-19/h3-10,19H,11H2,1-2H3,(H,22,25). The summed E-state index contributed by atoms with van der Waals surface area (Å²) in [6.07, 6.45) is 0. The molecule has 6 heteroatoms. The highest BCUT2D eigenvalue weighted by Crippen LogP contribution is 2.43. The number of halogens is 1. The Kier molecular flexibility index (Phi) is 4.51. The van der Waals surface area contributed by atoms with Gasteiger partial charge in [-0.1, -0.05) is 41.4 Å². The van der Waals surface area contributed by atoms with Gasteiger partial charge in [0, 0.05) is 10.6 Å². The van der Waals surface area contributed by atoms with Crippen molar-refractivity contribution in [2.24, 2.45) is 0 Å². The lowest BCUT2D eigenvalue weighted by Gasteiger charge is -2.16. The molecule has 3 aromatic rings. The molecule has 2 heterocycles. The van der Waals surface area contributed by atoms with Crippen molar-refractivity contribution in [2.45, 2.75) is 19.1 Å². The summed E-state index contributed by atoms with van der Waals surface area (Å²) in [7, 11) is 0. The van der Waals surface area contributed by atoms with Gasteiger partial charge < -0.3 is 5.32 Å². The fourth-order valence-electron chi connectivity index (χ4n) is 3.25. The molecule has 1 amide bonds. The zero-order valence-electron chi connectivity index (χ0n) is 14.5. The van der Waals surface area contributed by atoms with Crippen molar-refractivity contribution < 1.29 is 4.79 Å². The maximum absolute atomic E-state index is 12.3. The van der Waals surface area contributed by atoms with E-state index in [0.29, 0.717) is 10.8 Å². The van der Waals surface area contributed by atoms with E-state index in [-0.39, 0.29) is 11.2 Å². The van der Waals surface area contributed by atoms with Crippen LogP contribution in [0.25, 0.3) is 5.69 Å². The summed E-state index contributed by atoms with van der Waals surface area (Å²) >= 11 is 7.65. The van der Waals surface area contributed by atoms with Gasteiger partial charge in [0.1, 0.15) is 5.82 Å². The first kappa shape index (κ1) is 17.2. The molecule has 1 N–H and O–H groups in total. The van der Waals surface area contributed by atoms with E-state index < -0.39 is 0 Å². The van der Waals surface area contributed by atoms with Gasteiger partial charge >= 0.3 is 0 Å². The van der Waals surface area contributed by atoms with Crippen LogP contribution in [0.1, 0.15) is 27.6 Å². The van der Waals surface area contributed by atoms with E-state index in [0.717, 1.165) is 22.8 Å². The number of fused-ring (bicyclic) bond motifs is 1. The number of amides is 1. The van der Waals surface area contributed by atoms with Crippen LogP contribution in [-0.4, -0.2) is 21.4 Å². The number of rotatable bonds is 2. The Morgan fingerprint density at radius 1 is 1.19 bits per heavy atom. The average Bonchev–Trinajstić information content (AvgIpc) is 2.82. The molecule has 0 fully saturated rings. The number of nitrogens with zero attached hydrogens (tertiary/aromatic N) is 2. The summed E-state index contributed by atoms with van der Waals surface area (Å²) in [6, 6.07) is 15.9. The Bertz CT molecular complexity index is 981. The van der Waals surface area contributed by atoms with Gasteiger partial charge in [-0.2, -0.15) is 5.10 Å². The molecule has 1 aliphatic heterocycles. The number of hydrogen-bond acceptors (Lipinski definition) is 3. The van der Waals surface area contributed by atoms with Crippen LogP contribution >= 0.6 is 23.4 Å². The molecule has 2 aromatic carbocycles. The van der Waals surface area contributed by atoms with Gasteiger partial charge in [0.05, 0.1) is 22.4 Å². The quantitative estimate of drug-likeness (QED) is 0.683. The van der Waals surface area contributed by atoms with Crippen molar-refractivity contribution in [3.8, 4) is 5.69 Å². The molecule has 0 aliphatic carbocycles. The Morgan fingerprint density at radius 2 is 1.96 bits per heavy atom. The predicted octanol–water partition coefficient (Wildman–Crippen LogP) is 4.92. The molecule has 1 aliphatic rings. The second kappa shape index (κ2) is 6.82. The van der Waals surface area contributed by atoms with Crippen LogP contribution in [0.3, 0.4) is 0 Å². The van der Waals surface area contributed by atoms with Gasteiger partial charge in [-0.3, -0.25) is 4.79 Å². The Balaban J connectivity index is 1.89. The Hall–Kier alpha value is -2.24. The third kappa shape index (κ3) is 3.13. The lowest BCUT2D eigenvalue weighted by molar-refractivity contribution is -0.113. The Morgan fingerprint density at radius 3 is 2.69 bits per heavy atom. The third-order valence-electron chi connectivity index (χ3n) is 4.42. The fourth-order valence-corrected chi connectivity index (χ4v) is 4.55. The average molecular weight is 384 g/mol. The van der Waals surface area contributed by atoms with Crippen LogP contribution in [0.15, 0.2) is 48.5 Å². The summed E-state index contributed by atoms with van der Waals surface area (Å²) in [6.45, 7) is 4.07. The summed E-state index contributed by atoms with van der Waals surface area (Å²) < 4.78 is 1.80. The number of carbonyl (C=O) groups excluding carboxylic acids is 1. The molecule has 1 unspecified atom stereocenters. The number of aromatic nitrogens is 2. The van der Waals surface area contributed by atoms with E-state index in [1.165, 1.54) is 11.1 Å². The lowest BCUT2D eigenvalue weighted by Crippen LogP contribution is -2.15. The normalized spacial score (nSPS) is 16.7.